The summed E-state index contributed by atoms with van der Waals surface area (Å²) in [4.78, 5) is 0. The fourth-order valence-corrected chi connectivity index (χ4v) is 2.40. The topological polar surface area (TPSA) is 40.8 Å². The lowest BCUT2D eigenvalue weighted by Crippen LogP contribution is -2.35. The van der Waals surface area contributed by atoms with Crippen LogP contribution in [0.1, 0.15) is 30.7 Å². The Hall–Kier alpha value is -1.57. The maximum Gasteiger partial charge on any atom is 0.120 e. The Bertz CT molecular complexity index is 633. The standard InChI is InChI=1S/C16H18BrN3/c1-16(2,13-4-6-14(17)7-5-13)19-10-12-8-15(9-18)20(3)11-12/h4-8,11,19H,10H2,1-3H3. The molecule has 1 N–H and O–H groups in total. The Morgan fingerprint density at radius 3 is 2.50 bits per heavy atom. The molecular weight excluding hydrogens is 314 g/mol. The second-order valence-corrected chi connectivity index (χ2v) is 6.36. The highest BCUT2D eigenvalue weighted by molar-refractivity contribution is 9.10. The second-order valence-electron chi connectivity index (χ2n) is 5.44. The Labute approximate surface area is 128 Å². The van der Waals surface area contributed by atoms with Crippen LogP contribution in [0.2, 0.25) is 0 Å². The normalized spacial score (nSPS) is 11.3. The Morgan fingerprint density at radius 2 is 1.95 bits per heavy atom. The summed E-state index contributed by atoms with van der Waals surface area (Å²) in [6, 6.07) is 12.4. The van der Waals surface area contributed by atoms with Crippen LogP contribution in [0, 0.1) is 11.3 Å². The number of aromatic nitrogens is 1. The van der Waals surface area contributed by atoms with E-state index in [1.165, 1.54) is 5.56 Å². The van der Waals surface area contributed by atoms with Gasteiger partial charge in [0.15, 0.2) is 0 Å². The monoisotopic (exact) mass is 331 g/mol. The summed E-state index contributed by atoms with van der Waals surface area (Å²) in [5.74, 6) is 0. The number of nitriles is 1. The Balaban J connectivity index is 2.08. The number of benzene rings is 1. The van der Waals surface area contributed by atoms with Gasteiger partial charge in [-0.3, -0.25) is 0 Å². The van der Waals surface area contributed by atoms with Crippen molar-refractivity contribution in [2.24, 2.45) is 7.05 Å². The van der Waals surface area contributed by atoms with E-state index in [9.17, 15) is 0 Å². The minimum absolute atomic E-state index is 0.122. The van der Waals surface area contributed by atoms with E-state index in [1.54, 1.807) is 0 Å². The van der Waals surface area contributed by atoms with Gasteiger partial charge in [0.25, 0.3) is 0 Å². The number of nitrogens with one attached hydrogen (secondary N) is 1. The summed E-state index contributed by atoms with van der Waals surface area (Å²) in [7, 11) is 1.89. The van der Waals surface area contributed by atoms with Crippen LogP contribution in [-0.2, 0) is 19.1 Å². The van der Waals surface area contributed by atoms with E-state index < -0.39 is 0 Å². The molecule has 4 heteroatoms. The van der Waals surface area contributed by atoms with Gasteiger partial charge in [0.05, 0.1) is 0 Å². The van der Waals surface area contributed by atoms with Gasteiger partial charge < -0.3 is 9.88 Å². The van der Waals surface area contributed by atoms with Crippen molar-refractivity contribution < 1.29 is 0 Å². The minimum Gasteiger partial charge on any atom is -0.342 e. The SMILES string of the molecule is Cn1cc(CNC(C)(C)c2ccc(Br)cc2)cc1C#N. The molecular formula is C16H18BrN3. The molecule has 0 aliphatic heterocycles. The van der Waals surface area contributed by atoms with Crippen LogP contribution in [-0.4, -0.2) is 4.57 Å². The Kier molecular flexibility index (Phi) is 4.32. The molecule has 0 aliphatic carbocycles. The second kappa shape index (κ2) is 5.82. The van der Waals surface area contributed by atoms with E-state index in [0.29, 0.717) is 5.69 Å². The highest BCUT2D eigenvalue weighted by Gasteiger charge is 2.19. The van der Waals surface area contributed by atoms with Gasteiger partial charge >= 0.3 is 0 Å². The molecule has 0 radical (unpaired) electrons. The predicted molar refractivity (Wildman–Crippen MR) is 84.1 cm³/mol. The van der Waals surface area contributed by atoms with Gasteiger partial charge in [0, 0.05) is 29.8 Å². The number of halogens is 1. The third-order valence-corrected chi connectivity index (χ3v) is 4.01. The van der Waals surface area contributed by atoms with E-state index in [-0.39, 0.29) is 5.54 Å². The smallest absolute Gasteiger partial charge is 0.120 e. The van der Waals surface area contributed by atoms with Gasteiger partial charge in [0.2, 0.25) is 0 Å². The van der Waals surface area contributed by atoms with Crippen LogP contribution in [0.4, 0.5) is 0 Å². The molecule has 0 unspecified atom stereocenters. The first kappa shape index (κ1) is 14.8. The molecule has 2 aromatic rings. The van der Waals surface area contributed by atoms with Gasteiger partial charge in [0.1, 0.15) is 11.8 Å². The van der Waals surface area contributed by atoms with Crippen molar-refractivity contribution in [2.75, 3.05) is 0 Å². The third-order valence-electron chi connectivity index (χ3n) is 3.48. The lowest BCUT2D eigenvalue weighted by atomic mass is 9.94. The Morgan fingerprint density at radius 1 is 1.30 bits per heavy atom. The first-order chi connectivity index (χ1) is 9.42. The molecule has 0 aliphatic rings. The van der Waals surface area contributed by atoms with Crippen LogP contribution < -0.4 is 5.32 Å². The van der Waals surface area contributed by atoms with Gasteiger partial charge in [-0.25, -0.2) is 0 Å². The van der Waals surface area contributed by atoms with Crippen molar-refractivity contribution in [2.45, 2.75) is 25.9 Å². The van der Waals surface area contributed by atoms with Crippen LogP contribution in [0.5, 0.6) is 0 Å². The third kappa shape index (κ3) is 3.30. The molecule has 0 saturated carbocycles. The van der Waals surface area contributed by atoms with Gasteiger partial charge in [-0.05, 0) is 43.2 Å². The van der Waals surface area contributed by atoms with Crippen LogP contribution >= 0.6 is 15.9 Å². The van der Waals surface area contributed by atoms with E-state index in [4.69, 9.17) is 5.26 Å². The summed E-state index contributed by atoms with van der Waals surface area (Å²) in [5, 5.41) is 12.5. The number of aryl methyl sites for hydroxylation is 1. The maximum absolute atomic E-state index is 8.97. The molecule has 1 heterocycles. The van der Waals surface area contributed by atoms with Crippen molar-refractivity contribution in [3.63, 3.8) is 0 Å². The molecule has 3 nitrogen and oxygen atoms in total. The van der Waals surface area contributed by atoms with Crippen molar-refractivity contribution in [3.8, 4) is 6.07 Å². The molecule has 1 aromatic carbocycles. The van der Waals surface area contributed by atoms with Gasteiger partial charge in [-0.2, -0.15) is 5.26 Å². The maximum atomic E-state index is 8.97. The lowest BCUT2D eigenvalue weighted by molar-refractivity contribution is 0.401. The fourth-order valence-electron chi connectivity index (χ4n) is 2.13. The molecule has 0 amide bonds. The number of nitrogens with zero attached hydrogens (tertiary/aromatic N) is 2. The first-order valence-electron chi connectivity index (χ1n) is 6.49. The number of rotatable bonds is 4. The summed E-state index contributed by atoms with van der Waals surface area (Å²) < 4.78 is 2.93. The van der Waals surface area contributed by atoms with Crippen molar-refractivity contribution in [1.82, 2.24) is 9.88 Å². The van der Waals surface area contributed by atoms with Crippen molar-refractivity contribution in [1.29, 1.82) is 5.26 Å². The van der Waals surface area contributed by atoms with E-state index in [1.807, 2.05) is 23.9 Å². The average Bonchev–Trinajstić information content (AvgIpc) is 2.78. The number of hydrogen-bond donors (Lipinski definition) is 1. The molecule has 2 rings (SSSR count). The summed E-state index contributed by atoms with van der Waals surface area (Å²) in [6.07, 6.45) is 1.99. The van der Waals surface area contributed by atoms with Crippen LogP contribution in [0.25, 0.3) is 0 Å². The van der Waals surface area contributed by atoms with Crippen molar-refractivity contribution in [3.05, 3.63) is 57.8 Å². The van der Waals surface area contributed by atoms with Gasteiger partial charge in [-0.1, -0.05) is 28.1 Å². The molecule has 0 fully saturated rings. The summed E-state index contributed by atoms with van der Waals surface area (Å²) in [5.41, 5.74) is 2.92. The molecule has 0 saturated heterocycles. The predicted octanol–water partition coefficient (Wildman–Crippen LogP) is 3.68. The zero-order valence-corrected chi connectivity index (χ0v) is 13.5. The first-order valence-corrected chi connectivity index (χ1v) is 7.28. The molecule has 0 atom stereocenters. The summed E-state index contributed by atoms with van der Waals surface area (Å²) >= 11 is 3.45. The average molecular weight is 332 g/mol. The summed E-state index contributed by atoms with van der Waals surface area (Å²) in [6.45, 7) is 5.05. The molecule has 1 aromatic heterocycles. The lowest BCUT2D eigenvalue weighted by Gasteiger charge is -2.27. The largest absolute Gasteiger partial charge is 0.342 e. The van der Waals surface area contributed by atoms with E-state index in [2.05, 4.69) is 65.4 Å². The van der Waals surface area contributed by atoms with E-state index in [0.717, 1.165) is 16.6 Å². The zero-order chi connectivity index (χ0) is 14.8. The van der Waals surface area contributed by atoms with E-state index >= 15 is 0 Å². The fraction of sp³-hybridized carbons (Fsp3) is 0.312. The highest BCUT2D eigenvalue weighted by atomic mass is 79.9. The minimum atomic E-state index is -0.122. The molecule has 104 valence electrons. The highest BCUT2D eigenvalue weighted by Crippen LogP contribution is 2.22. The molecule has 0 bridgehead atoms. The molecule has 20 heavy (non-hydrogen) atoms. The van der Waals surface area contributed by atoms with Gasteiger partial charge in [-0.15, -0.1) is 0 Å². The van der Waals surface area contributed by atoms with Crippen LogP contribution in [0.3, 0.4) is 0 Å². The molecule has 0 spiro atoms. The number of hydrogen-bond acceptors (Lipinski definition) is 2. The van der Waals surface area contributed by atoms with Crippen molar-refractivity contribution >= 4 is 15.9 Å². The van der Waals surface area contributed by atoms with Crippen LogP contribution in [0.15, 0.2) is 41.0 Å². The zero-order valence-electron chi connectivity index (χ0n) is 11.9. The quantitative estimate of drug-likeness (QED) is 0.928.